The number of carbonyl (C=O) groups is 1. The molecule has 2 rings (SSSR count). The second-order valence-corrected chi connectivity index (χ2v) is 7.40. The van der Waals surface area contributed by atoms with Crippen LogP contribution in [0.5, 0.6) is 0 Å². The number of amides is 1. The van der Waals surface area contributed by atoms with E-state index in [2.05, 4.69) is 31.3 Å². The Kier molecular flexibility index (Phi) is 5.93. The van der Waals surface area contributed by atoms with Crippen LogP contribution in [0.2, 0.25) is 0 Å². The molecule has 1 heterocycles. The van der Waals surface area contributed by atoms with Crippen molar-refractivity contribution in [2.75, 3.05) is 13.2 Å². The molecule has 4 nitrogen and oxygen atoms in total. The minimum Gasteiger partial charge on any atom is -0.396 e. The number of carbonyl (C=O) groups excluding carboxylic acids is 1. The topological polar surface area (TPSA) is 75.3 Å². The first-order chi connectivity index (χ1) is 10.9. The van der Waals surface area contributed by atoms with Gasteiger partial charge in [0, 0.05) is 35.9 Å². The van der Waals surface area contributed by atoms with Crippen LogP contribution in [-0.2, 0) is 6.54 Å². The summed E-state index contributed by atoms with van der Waals surface area (Å²) in [7, 11) is 0. The second-order valence-electron chi connectivity index (χ2n) is 6.41. The smallest absolute Gasteiger partial charge is 0.249 e. The molecular formula is C18H24N2O2S. The maximum atomic E-state index is 11.1. The number of primary amides is 1. The standard InChI is InChI=1S/C18H24N2O2S/c1-18(2,12-21)16(13-6-4-3-5-7-13)10-20-9-15-8-14(11-23-15)17(19)22/h3-8,11,16,20-21H,9-10,12H2,1-2H3,(H2,19,22). The number of hydrogen-bond acceptors (Lipinski definition) is 4. The predicted molar refractivity (Wildman–Crippen MR) is 94.6 cm³/mol. The van der Waals surface area contributed by atoms with Crippen LogP contribution >= 0.6 is 11.3 Å². The van der Waals surface area contributed by atoms with Gasteiger partial charge in [0.1, 0.15) is 0 Å². The van der Waals surface area contributed by atoms with Crippen LogP contribution in [0.1, 0.15) is 40.6 Å². The number of nitrogens with one attached hydrogen (secondary N) is 1. The van der Waals surface area contributed by atoms with Crippen LogP contribution < -0.4 is 11.1 Å². The molecule has 1 aromatic heterocycles. The molecule has 0 saturated carbocycles. The number of aliphatic hydroxyl groups is 1. The molecule has 0 aliphatic carbocycles. The number of nitrogens with two attached hydrogens (primary N) is 1. The minimum atomic E-state index is -0.393. The molecule has 2 aromatic rings. The van der Waals surface area contributed by atoms with Gasteiger partial charge in [-0.05, 0) is 17.0 Å². The van der Waals surface area contributed by atoms with Crippen molar-refractivity contribution in [3.05, 3.63) is 57.8 Å². The molecule has 0 fully saturated rings. The Bertz CT molecular complexity index is 637. The van der Waals surface area contributed by atoms with Crippen molar-refractivity contribution in [2.24, 2.45) is 11.1 Å². The average Bonchev–Trinajstić information content (AvgIpc) is 3.01. The molecule has 0 aliphatic heterocycles. The van der Waals surface area contributed by atoms with Crippen LogP contribution in [0, 0.1) is 5.41 Å². The van der Waals surface area contributed by atoms with E-state index in [1.54, 1.807) is 5.38 Å². The van der Waals surface area contributed by atoms with Gasteiger partial charge in [0.05, 0.1) is 5.56 Å². The third-order valence-electron chi connectivity index (χ3n) is 4.14. The summed E-state index contributed by atoms with van der Waals surface area (Å²) in [5.41, 5.74) is 6.82. The Morgan fingerprint density at radius 2 is 2.04 bits per heavy atom. The summed E-state index contributed by atoms with van der Waals surface area (Å²) in [6, 6.07) is 12.1. The van der Waals surface area contributed by atoms with Gasteiger partial charge in [0.15, 0.2) is 0 Å². The molecule has 4 N–H and O–H groups in total. The molecular weight excluding hydrogens is 308 g/mol. The number of aliphatic hydroxyl groups excluding tert-OH is 1. The Hall–Kier alpha value is -1.69. The first-order valence-electron chi connectivity index (χ1n) is 7.68. The number of hydrogen-bond donors (Lipinski definition) is 3. The van der Waals surface area contributed by atoms with Gasteiger partial charge in [-0.25, -0.2) is 0 Å². The molecule has 0 spiro atoms. The number of rotatable bonds is 8. The fourth-order valence-corrected chi connectivity index (χ4v) is 3.43. The lowest BCUT2D eigenvalue weighted by atomic mass is 9.75. The zero-order valence-corrected chi connectivity index (χ0v) is 14.4. The summed E-state index contributed by atoms with van der Waals surface area (Å²) in [5.74, 6) is -0.194. The van der Waals surface area contributed by atoms with Crippen molar-refractivity contribution in [1.29, 1.82) is 0 Å². The molecule has 5 heteroatoms. The third kappa shape index (κ3) is 4.64. The third-order valence-corrected chi connectivity index (χ3v) is 5.08. The van der Waals surface area contributed by atoms with Crippen LogP contribution in [0.4, 0.5) is 0 Å². The lowest BCUT2D eigenvalue weighted by Crippen LogP contribution is -2.34. The highest BCUT2D eigenvalue weighted by atomic mass is 32.1. The number of benzene rings is 1. The highest BCUT2D eigenvalue weighted by molar-refractivity contribution is 7.10. The van der Waals surface area contributed by atoms with Gasteiger partial charge in [0.2, 0.25) is 5.91 Å². The molecule has 1 aromatic carbocycles. The lowest BCUT2D eigenvalue weighted by Gasteiger charge is -2.33. The van der Waals surface area contributed by atoms with E-state index < -0.39 is 5.91 Å². The van der Waals surface area contributed by atoms with Gasteiger partial charge in [-0.2, -0.15) is 0 Å². The van der Waals surface area contributed by atoms with E-state index in [1.165, 1.54) is 16.9 Å². The monoisotopic (exact) mass is 332 g/mol. The van der Waals surface area contributed by atoms with E-state index in [0.717, 1.165) is 11.4 Å². The van der Waals surface area contributed by atoms with E-state index in [-0.39, 0.29) is 17.9 Å². The van der Waals surface area contributed by atoms with Gasteiger partial charge in [-0.15, -0.1) is 11.3 Å². The molecule has 0 saturated heterocycles. The van der Waals surface area contributed by atoms with E-state index in [0.29, 0.717) is 12.1 Å². The Morgan fingerprint density at radius 3 is 2.61 bits per heavy atom. The minimum absolute atomic E-state index is 0.124. The van der Waals surface area contributed by atoms with Crippen molar-refractivity contribution >= 4 is 17.2 Å². The lowest BCUT2D eigenvalue weighted by molar-refractivity contribution is 0.100. The molecule has 0 aliphatic rings. The average molecular weight is 332 g/mol. The van der Waals surface area contributed by atoms with E-state index in [4.69, 9.17) is 5.73 Å². The van der Waals surface area contributed by atoms with Crippen LogP contribution in [0.3, 0.4) is 0 Å². The van der Waals surface area contributed by atoms with Crippen molar-refractivity contribution in [3.63, 3.8) is 0 Å². The molecule has 1 amide bonds. The molecule has 1 unspecified atom stereocenters. The maximum absolute atomic E-state index is 11.1. The molecule has 124 valence electrons. The van der Waals surface area contributed by atoms with Gasteiger partial charge >= 0.3 is 0 Å². The van der Waals surface area contributed by atoms with E-state index in [1.807, 2.05) is 24.3 Å². The highest BCUT2D eigenvalue weighted by Gasteiger charge is 2.29. The Morgan fingerprint density at radius 1 is 1.35 bits per heavy atom. The SMILES string of the molecule is CC(C)(CO)C(CNCc1cc(C(N)=O)cs1)c1ccccc1. The van der Waals surface area contributed by atoms with Crippen LogP contribution in [-0.4, -0.2) is 24.2 Å². The second kappa shape index (κ2) is 7.73. The normalized spacial score (nSPS) is 13.0. The fourth-order valence-electron chi connectivity index (χ4n) is 2.58. The van der Waals surface area contributed by atoms with Gasteiger partial charge in [0.25, 0.3) is 0 Å². The first-order valence-corrected chi connectivity index (χ1v) is 8.56. The predicted octanol–water partition coefficient (Wildman–Crippen LogP) is 2.74. The van der Waals surface area contributed by atoms with Crippen molar-refractivity contribution in [1.82, 2.24) is 5.32 Å². The summed E-state index contributed by atoms with van der Waals surface area (Å²) >= 11 is 1.53. The van der Waals surface area contributed by atoms with Gasteiger partial charge < -0.3 is 16.2 Å². The zero-order chi connectivity index (χ0) is 16.9. The fraction of sp³-hybridized carbons (Fsp3) is 0.389. The summed E-state index contributed by atoms with van der Waals surface area (Å²) in [4.78, 5) is 12.2. The zero-order valence-electron chi connectivity index (χ0n) is 13.6. The summed E-state index contributed by atoms with van der Waals surface area (Å²) in [6.07, 6.45) is 0. The maximum Gasteiger partial charge on any atom is 0.249 e. The van der Waals surface area contributed by atoms with Gasteiger partial charge in [-0.3, -0.25) is 4.79 Å². The molecule has 23 heavy (non-hydrogen) atoms. The Labute approximate surface area is 141 Å². The Balaban J connectivity index is 2.02. The number of thiophene rings is 1. The quantitative estimate of drug-likeness (QED) is 0.696. The molecule has 1 atom stereocenters. The molecule has 0 radical (unpaired) electrons. The van der Waals surface area contributed by atoms with E-state index >= 15 is 0 Å². The summed E-state index contributed by atoms with van der Waals surface area (Å²) in [5, 5.41) is 15.0. The molecule has 0 bridgehead atoms. The highest BCUT2D eigenvalue weighted by Crippen LogP contribution is 2.34. The van der Waals surface area contributed by atoms with Crippen LogP contribution in [0.15, 0.2) is 41.8 Å². The van der Waals surface area contributed by atoms with E-state index in [9.17, 15) is 9.90 Å². The largest absolute Gasteiger partial charge is 0.396 e. The van der Waals surface area contributed by atoms with Crippen molar-refractivity contribution in [3.8, 4) is 0 Å². The first kappa shape index (κ1) is 17.7. The van der Waals surface area contributed by atoms with Crippen LogP contribution in [0.25, 0.3) is 0 Å². The summed E-state index contributed by atoms with van der Waals surface area (Å²) in [6.45, 7) is 5.70. The van der Waals surface area contributed by atoms with Crippen molar-refractivity contribution < 1.29 is 9.90 Å². The van der Waals surface area contributed by atoms with Crippen molar-refractivity contribution in [2.45, 2.75) is 26.3 Å². The van der Waals surface area contributed by atoms with Gasteiger partial charge in [-0.1, -0.05) is 44.2 Å². The summed E-state index contributed by atoms with van der Waals surface area (Å²) < 4.78 is 0.